The number of hydrogen-bond acceptors (Lipinski definition) is 5. The molecule has 0 aromatic carbocycles. The van der Waals surface area contributed by atoms with E-state index in [0.717, 1.165) is 22.9 Å². The maximum atomic E-state index is 12.3. The van der Waals surface area contributed by atoms with Crippen molar-refractivity contribution in [2.24, 2.45) is 0 Å². The Hall–Kier alpha value is -2.71. The number of carboxylic acids is 1. The van der Waals surface area contributed by atoms with Gasteiger partial charge in [-0.2, -0.15) is 0 Å². The topological polar surface area (TPSA) is 123 Å². The number of carboxylic acid groups (broad SMARTS) is 1. The second kappa shape index (κ2) is 5.58. The third-order valence-corrected chi connectivity index (χ3v) is 3.89. The maximum absolute atomic E-state index is 12.3. The van der Waals surface area contributed by atoms with E-state index in [1.54, 1.807) is 0 Å². The molecule has 0 saturated carbocycles. The van der Waals surface area contributed by atoms with Crippen molar-refractivity contribution < 1.29 is 19.6 Å². The summed E-state index contributed by atoms with van der Waals surface area (Å²) in [6.45, 7) is 1.31. The molecule has 2 rings (SSSR count). The summed E-state index contributed by atoms with van der Waals surface area (Å²) in [6.07, 6.45) is 1.87. The number of nitro groups is 1. The first-order chi connectivity index (χ1) is 10.3. The molecule has 1 amide bonds. The summed E-state index contributed by atoms with van der Waals surface area (Å²) in [7, 11) is 0. The summed E-state index contributed by atoms with van der Waals surface area (Å²) >= 11 is 0. The number of amides is 1. The van der Waals surface area contributed by atoms with Gasteiger partial charge in [-0.1, -0.05) is 0 Å². The Morgan fingerprint density at radius 2 is 2.14 bits per heavy atom. The highest BCUT2D eigenvalue weighted by Crippen LogP contribution is 2.29. The van der Waals surface area contributed by atoms with Crippen molar-refractivity contribution in [3.8, 4) is 0 Å². The maximum Gasteiger partial charge on any atom is 0.329 e. The molecule has 1 unspecified atom stereocenters. The highest BCUT2D eigenvalue weighted by molar-refractivity contribution is 5.87. The summed E-state index contributed by atoms with van der Waals surface area (Å²) in [5.74, 6) is -1.66. The number of rotatable bonds is 4. The number of nitrogens with zero attached hydrogens (tertiary/aromatic N) is 3. The second-order valence-corrected chi connectivity index (χ2v) is 5.34. The first kappa shape index (κ1) is 15.7. The largest absolute Gasteiger partial charge is 0.480 e. The minimum absolute atomic E-state index is 0.283. The number of hydrogen-bond donors (Lipinski definition) is 1. The fraction of sp³-hybridized carbons (Fsp3) is 0.462. The Balaban J connectivity index is 2.26. The molecule has 1 aromatic rings. The third kappa shape index (κ3) is 2.69. The number of carbonyl (C=O) groups excluding carboxylic acids is 1. The molecular weight excluding hydrogens is 294 g/mol. The molecule has 1 aliphatic heterocycles. The molecule has 0 aliphatic carbocycles. The predicted octanol–water partition coefficient (Wildman–Crippen LogP) is 0.222. The smallest absolute Gasteiger partial charge is 0.329 e. The highest BCUT2D eigenvalue weighted by atomic mass is 16.6. The molecule has 1 fully saturated rings. The van der Waals surface area contributed by atoms with E-state index in [2.05, 4.69) is 0 Å². The minimum atomic E-state index is -1.30. The first-order valence-corrected chi connectivity index (χ1v) is 6.64. The van der Waals surface area contributed by atoms with E-state index >= 15 is 0 Å². The molecule has 9 nitrogen and oxygen atoms in total. The number of pyridine rings is 1. The van der Waals surface area contributed by atoms with Crippen LogP contribution >= 0.6 is 0 Å². The lowest BCUT2D eigenvalue weighted by molar-refractivity contribution is -0.385. The molecule has 0 radical (unpaired) electrons. The lowest BCUT2D eigenvalue weighted by Crippen LogP contribution is -2.52. The molecule has 2 heterocycles. The molecule has 1 aromatic heterocycles. The van der Waals surface area contributed by atoms with Gasteiger partial charge in [0.25, 0.3) is 11.2 Å². The van der Waals surface area contributed by atoms with Crippen LogP contribution in [-0.4, -0.2) is 43.5 Å². The number of likely N-dealkylation sites (tertiary alicyclic amines) is 1. The minimum Gasteiger partial charge on any atom is -0.480 e. The molecule has 1 atom stereocenters. The second-order valence-electron chi connectivity index (χ2n) is 5.34. The Kier molecular flexibility index (Phi) is 3.98. The van der Waals surface area contributed by atoms with Crippen molar-refractivity contribution in [3.63, 3.8) is 0 Å². The van der Waals surface area contributed by atoms with Gasteiger partial charge in [-0.05, 0) is 19.8 Å². The van der Waals surface area contributed by atoms with Crippen LogP contribution in [-0.2, 0) is 16.1 Å². The lowest BCUT2D eigenvalue weighted by Gasteiger charge is -2.31. The van der Waals surface area contributed by atoms with E-state index < -0.39 is 34.4 Å². The summed E-state index contributed by atoms with van der Waals surface area (Å²) in [4.78, 5) is 46.6. The van der Waals surface area contributed by atoms with E-state index in [4.69, 9.17) is 0 Å². The normalized spacial score (nSPS) is 20.9. The van der Waals surface area contributed by atoms with Crippen molar-refractivity contribution in [1.82, 2.24) is 9.47 Å². The van der Waals surface area contributed by atoms with Crippen LogP contribution in [0, 0.1) is 10.1 Å². The van der Waals surface area contributed by atoms with Gasteiger partial charge in [0, 0.05) is 18.7 Å². The zero-order chi connectivity index (χ0) is 16.5. The summed E-state index contributed by atoms with van der Waals surface area (Å²) in [6, 6.07) is 2.06. The van der Waals surface area contributed by atoms with Crippen LogP contribution in [0.2, 0.25) is 0 Å². The zero-order valence-electron chi connectivity index (χ0n) is 11.9. The molecule has 0 bridgehead atoms. The lowest BCUT2D eigenvalue weighted by atomic mass is 9.99. The number of aliphatic carboxylic acids is 1. The van der Waals surface area contributed by atoms with Crippen LogP contribution < -0.4 is 5.56 Å². The molecule has 9 heteroatoms. The van der Waals surface area contributed by atoms with Crippen LogP contribution in [0.15, 0.2) is 23.1 Å². The van der Waals surface area contributed by atoms with E-state index in [-0.39, 0.29) is 12.2 Å². The van der Waals surface area contributed by atoms with Crippen molar-refractivity contribution in [2.75, 3.05) is 6.54 Å². The summed E-state index contributed by atoms with van der Waals surface area (Å²) in [5.41, 5.74) is -2.17. The molecule has 1 aliphatic rings. The molecule has 22 heavy (non-hydrogen) atoms. The average molecular weight is 309 g/mol. The third-order valence-electron chi connectivity index (χ3n) is 3.89. The Morgan fingerprint density at radius 1 is 1.45 bits per heavy atom. The molecular formula is C13H15N3O6. The van der Waals surface area contributed by atoms with E-state index in [1.165, 1.54) is 11.8 Å². The SMILES string of the molecule is CC1(C(=O)O)CCCN1C(=O)Cn1cc([N+](=O)[O-])ccc1=O. The van der Waals surface area contributed by atoms with E-state index in [0.29, 0.717) is 12.8 Å². The number of aromatic nitrogens is 1. The van der Waals surface area contributed by atoms with Crippen molar-refractivity contribution in [1.29, 1.82) is 0 Å². The first-order valence-electron chi connectivity index (χ1n) is 6.64. The zero-order valence-corrected chi connectivity index (χ0v) is 11.9. The van der Waals surface area contributed by atoms with Gasteiger partial charge in [-0.3, -0.25) is 24.3 Å². The number of carbonyl (C=O) groups is 2. The van der Waals surface area contributed by atoms with Crippen LogP contribution in [0.5, 0.6) is 0 Å². The highest BCUT2D eigenvalue weighted by Gasteiger charge is 2.45. The molecule has 0 spiro atoms. The van der Waals surface area contributed by atoms with Crippen LogP contribution in [0.3, 0.4) is 0 Å². The van der Waals surface area contributed by atoms with Gasteiger partial charge in [-0.15, -0.1) is 0 Å². The van der Waals surface area contributed by atoms with E-state index in [1.807, 2.05) is 0 Å². The van der Waals surface area contributed by atoms with Crippen LogP contribution in [0.25, 0.3) is 0 Å². The molecule has 1 saturated heterocycles. The van der Waals surface area contributed by atoms with Crippen LogP contribution in [0.1, 0.15) is 19.8 Å². The fourth-order valence-corrected chi connectivity index (χ4v) is 2.57. The van der Waals surface area contributed by atoms with Gasteiger partial charge in [0.2, 0.25) is 5.91 Å². The van der Waals surface area contributed by atoms with Gasteiger partial charge >= 0.3 is 5.97 Å². The monoisotopic (exact) mass is 309 g/mol. The Morgan fingerprint density at radius 3 is 2.73 bits per heavy atom. The van der Waals surface area contributed by atoms with Crippen molar-refractivity contribution in [3.05, 3.63) is 38.8 Å². The van der Waals surface area contributed by atoms with Crippen molar-refractivity contribution >= 4 is 17.6 Å². The van der Waals surface area contributed by atoms with Gasteiger partial charge in [0.1, 0.15) is 12.1 Å². The fourth-order valence-electron chi connectivity index (χ4n) is 2.57. The van der Waals surface area contributed by atoms with Gasteiger partial charge in [0.05, 0.1) is 11.1 Å². The molecule has 118 valence electrons. The van der Waals surface area contributed by atoms with Gasteiger partial charge in [0.15, 0.2) is 0 Å². The Labute approximate surface area is 124 Å². The van der Waals surface area contributed by atoms with Gasteiger partial charge < -0.3 is 10.0 Å². The quantitative estimate of drug-likeness (QED) is 0.627. The van der Waals surface area contributed by atoms with Crippen LogP contribution in [0.4, 0.5) is 5.69 Å². The van der Waals surface area contributed by atoms with Crippen molar-refractivity contribution in [2.45, 2.75) is 31.8 Å². The standard InChI is InChI=1S/C13H15N3O6/c1-13(12(19)20)5-2-6-15(13)11(18)8-14-7-9(16(21)22)3-4-10(14)17/h3-4,7H,2,5-6,8H2,1H3,(H,19,20). The Bertz CT molecular complexity index is 697. The molecule has 1 N–H and O–H groups in total. The summed E-state index contributed by atoms with van der Waals surface area (Å²) in [5, 5.41) is 20.0. The predicted molar refractivity (Wildman–Crippen MR) is 74.3 cm³/mol. The van der Waals surface area contributed by atoms with Gasteiger partial charge in [-0.25, -0.2) is 4.79 Å². The summed E-state index contributed by atoms with van der Waals surface area (Å²) < 4.78 is 0.918. The average Bonchev–Trinajstić information content (AvgIpc) is 2.84. The van der Waals surface area contributed by atoms with E-state index in [9.17, 15) is 29.6 Å².